The molecule has 1 N–H and O–H groups in total. The summed E-state index contributed by atoms with van der Waals surface area (Å²) in [7, 11) is 0. The van der Waals surface area contributed by atoms with Crippen molar-refractivity contribution in [1.29, 1.82) is 0 Å². The summed E-state index contributed by atoms with van der Waals surface area (Å²) in [6, 6.07) is 3.29. The quantitative estimate of drug-likeness (QED) is 0.854. The standard InChI is InChI=1S/C14H18N2O4/c1-9(2)20-12-6-3-10(7-15-12)14(19)16(8-13(17)18)11-4-5-11/h3,6-7,9,11H,4-5,8H2,1-2H3,(H,17,18). The molecule has 0 saturated heterocycles. The van der Waals surface area contributed by atoms with E-state index in [-0.39, 0.29) is 24.6 Å². The Kier molecular flexibility index (Phi) is 4.22. The predicted octanol–water partition coefficient (Wildman–Crippen LogP) is 1.56. The molecule has 0 aliphatic heterocycles. The molecule has 20 heavy (non-hydrogen) atoms. The summed E-state index contributed by atoms with van der Waals surface area (Å²) in [5, 5.41) is 8.87. The molecule has 6 heteroatoms. The Labute approximate surface area is 117 Å². The second-order valence-electron chi connectivity index (χ2n) is 5.11. The second kappa shape index (κ2) is 5.90. The molecule has 1 saturated carbocycles. The van der Waals surface area contributed by atoms with Crippen LogP contribution in [0.25, 0.3) is 0 Å². The van der Waals surface area contributed by atoms with Crippen molar-refractivity contribution in [3.8, 4) is 5.88 Å². The number of carboxylic acids is 1. The molecule has 108 valence electrons. The monoisotopic (exact) mass is 278 g/mol. The Morgan fingerprint density at radius 1 is 1.45 bits per heavy atom. The topological polar surface area (TPSA) is 79.7 Å². The molecule has 1 aliphatic rings. The molecule has 0 aromatic carbocycles. The molecule has 1 fully saturated rings. The highest BCUT2D eigenvalue weighted by molar-refractivity contribution is 5.96. The van der Waals surface area contributed by atoms with Crippen molar-refractivity contribution in [2.45, 2.75) is 38.8 Å². The van der Waals surface area contributed by atoms with E-state index in [0.29, 0.717) is 11.4 Å². The lowest BCUT2D eigenvalue weighted by atomic mass is 10.2. The molecule has 1 aliphatic carbocycles. The van der Waals surface area contributed by atoms with Crippen molar-refractivity contribution in [1.82, 2.24) is 9.88 Å². The van der Waals surface area contributed by atoms with Crippen LogP contribution in [0.4, 0.5) is 0 Å². The normalized spacial score (nSPS) is 14.2. The number of pyridine rings is 1. The van der Waals surface area contributed by atoms with E-state index in [4.69, 9.17) is 9.84 Å². The highest BCUT2D eigenvalue weighted by atomic mass is 16.5. The highest BCUT2D eigenvalue weighted by Crippen LogP contribution is 2.28. The van der Waals surface area contributed by atoms with Gasteiger partial charge in [-0.1, -0.05) is 0 Å². The maximum Gasteiger partial charge on any atom is 0.323 e. The molecular weight excluding hydrogens is 260 g/mol. The van der Waals surface area contributed by atoms with Crippen LogP contribution in [0.5, 0.6) is 5.88 Å². The number of hydrogen-bond acceptors (Lipinski definition) is 4. The summed E-state index contributed by atoms with van der Waals surface area (Å²) in [6.45, 7) is 3.51. The van der Waals surface area contributed by atoms with Crippen molar-refractivity contribution >= 4 is 11.9 Å². The number of aromatic nitrogens is 1. The number of hydrogen-bond donors (Lipinski definition) is 1. The number of carboxylic acid groups (broad SMARTS) is 1. The summed E-state index contributed by atoms with van der Waals surface area (Å²) in [6.07, 6.45) is 3.17. The minimum atomic E-state index is -1.00. The lowest BCUT2D eigenvalue weighted by Gasteiger charge is -2.20. The van der Waals surface area contributed by atoms with Gasteiger partial charge >= 0.3 is 5.97 Å². The van der Waals surface area contributed by atoms with Crippen LogP contribution in [0.15, 0.2) is 18.3 Å². The molecule has 1 aromatic rings. The molecular formula is C14H18N2O4. The average Bonchev–Trinajstić information content (AvgIpc) is 3.19. The molecule has 0 bridgehead atoms. The Morgan fingerprint density at radius 3 is 2.60 bits per heavy atom. The van der Waals surface area contributed by atoms with E-state index in [1.54, 1.807) is 12.1 Å². The van der Waals surface area contributed by atoms with Gasteiger partial charge in [-0.3, -0.25) is 9.59 Å². The Morgan fingerprint density at radius 2 is 2.15 bits per heavy atom. The first-order valence-electron chi connectivity index (χ1n) is 6.63. The minimum Gasteiger partial charge on any atom is -0.480 e. The molecule has 0 unspecified atom stereocenters. The number of aliphatic carboxylic acids is 1. The number of carbonyl (C=O) groups excluding carboxylic acids is 1. The maximum atomic E-state index is 12.3. The smallest absolute Gasteiger partial charge is 0.323 e. The summed E-state index contributed by atoms with van der Waals surface area (Å²) in [5.74, 6) is -0.843. The van der Waals surface area contributed by atoms with Gasteiger partial charge in [0.15, 0.2) is 0 Å². The van der Waals surface area contributed by atoms with Gasteiger partial charge in [-0.25, -0.2) is 4.98 Å². The van der Waals surface area contributed by atoms with Gasteiger partial charge in [0.05, 0.1) is 11.7 Å². The van der Waals surface area contributed by atoms with Gasteiger partial charge in [0.1, 0.15) is 6.54 Å². The predicted molar refractivity (Wildman–Crippen MR) is 71.7 cm³/mol. The van der Waals surface area contributed by atoms with Crippen LogP contribution in [0, 0.1) is 0 Å². The fourth-order valence-electron chi connectivity index (χ4n) is 1.88. The summed E-state index contributed by atoms with van der Waals surface area (Å²) in [5.41, 5.74) is 0.384. The van der Waals surface area contributed by atoms with Gasteiger partial charge in [0.2, 0.25) is 5.88 Å². The van der Waals surface area contributed by atoms with Gasteiger partial charge < -0.3 is 14.7 Å². The minimum absolute atomic E-state index is 0.0130. The van der Waals surface area contributed by atoms with E-state index in [1.807, 2.05) is 13.8 Å². The molecule has 6 nitrogen and oxygen atoms in total. The summed E-state index contributed by atoms with van der Waals surface area (Å²) >= 11 is 0. The largest absolute Gasteiger partial charge is 0.480 e. The van der Waals surface area contributed by atoms with Crippen molar-refractivity contribution in [3.63, 3.8) is 0 Å². The number of nitrogens with zero attached hydrogens (tertiary/aromatic N) is 2. The third kappa shape index (κ3) is 3.69. The van der Waals surface area contributed by atoms with Crippen LogP contribution < -0.4 is 4.74 Å². The number of ether oxygens (including phenoxy) is 1. The van der Waals surface area contributed by atoms with E-state index in [9.17, 15) is 9.59 Å². The first-order chi connectivity index (χ1) is 9.47. The lowest BCUT2D eigenvalue weighted by molar-refractivity contribution is -0.137. The average molecular weight is 278 g/mol. The van der Waals surface area contributed by atoms with Gasteiger partial charge in [0.25, 0.3) is 5.91 Å². The molecule has 1 amide bonds. The van der Waals surface area contributed by atoms with Crippen LogP contribution in [0.3, 0.4) is 0 Å². The van der Waals surface area contributed by atoms with Crippen LogP contribution in [0.2, 0.25) is 0 Å². The van der Waals surface area contributed by atoms with E-state index < -0.39 is 5.97 Å². The molecule has 0 spiro atoms. The fraction of sp³-hybridized carbons (Fsp3) is 0.500. The lowest BCUT2D eigenvalue weighted by Crippen LogP contribution is -2.37. The summed E-state index contributed by atoms with van der Waals surface area (Å²) < 4.78 is 5.40. The second-order valence-corrected chi connectivity index (χ2v) is 5.11. The molecule has 0 radical (unpaired) electrons. The van der Waals surface area contributed by atoms with Crippen molar-refractivity contribution in [3.05, 3.63) is 23.9 Å². The van der Waals surface area contributed by atoms with Crippen molar-refractivity contribution < 1.29 is 19.4 Å². The first-order valence-corrected chi connectivity index (χ1v) is 6.63. The Balaban J connectivity index is 2.08. The highest BCUT2D eigenvalue weighted by Gasteiger charge is 2.34. The van der Waals surface area contributed by atoms with Crippen LogP contribution in [0.1, 0.15) is 37.0 Å². The van der Waals surface area contributed by atoms with E-state index in [2.05, 4.69) is 4.98 Å². The zero-order valence-corrected chi connectivity index (χ0v) is 11.6. The van der Waals surface area contributed by atoms with E-state index >= 15 is 0 Å². The Bertz CT molecular complexity index is 494. The van der Waals surface area contributed by atoms with Gasteiger partial charge in [-0.2, -0.15) is 0 Å². The molecule has 2 rings (SSSR count). The third-order valence-corrected chi connectivity index (χ3v) is 2.89. The number of rotatable bonds is 6. The summed E-state index contributed by atoms with van der Waals surface area (Å²) in [4.78, 5) is 28.6. The maximum absolute atomic E-state index is 12.3. The molecule has 1 aromatic heterocycles. The van der Waals surface area contributed by atoms with Crippen LogP contribution >= 0.6 is 0 Å². The van der Waals surface area contributed by atoms with Crippen molar-refractivity contribution in [2.75, 3.05) is 6.54 Å². The zero-order chi connectivity index (χ0) is 14.7. The fourth-order valence-corrected chi connectivity index (χ4v) is 1.88. The SMILES string of the molecule is CC(C)Oc1ccc(C(=O)N(CC(=O)O)C2CC2)cn1. The van der Waals surface area contributed by atoms with Crippen LogP contribution in [-0.2, 0) is 4.79 Å². The first kappa shape index (κ1) is 14.3. The number of amides is 1. The number of carbonyl (C=O) groups is 2. The van der Waals surface area contributed by atoms with Gasteiger partial charge in [-0.05, 0) is 32.8 Å². The van der Waals surface area contributed by atoms with Crippen LogP contribution in [-0.4, -0.2) is 45.6 Å². The van der Waals surface area contributed by atoms with Gasteiger partial charge in [-0.15, -0.1) is 0 Å². The Hall–Kier alpha value is -2.11. The van der Waals surface area contributed by atoms with E-state index in [0.717, 1.165) is 12.8 Å². The van der Waals surface area contributed by atoms with Crippen molar-refractivity contribution in [2.24, 2.45) is 0 Å². The molecule has 1 heterocycles. The zero-order valence-electron chi connectivity index (χ0n) is 11.6. The molecule has 0 atom stereocenters. The third-order valence-electron chi connectivity index (χ3n) is 2.89. The van der Waals surface area contributed by atoms with E-state index in [1.165, 1.54) is 11.1 Å². The van der Waals surface area contributed by atoms with Gasteiger partial charge in [0, 0.05) is 18.3 Å².